The molecule has 0 aromatic carbocycles. The summed E-state index contributed by atoms with van der Waals surface area (Å²) in [5.41, 5.74) is 0.413. The lowest BCUT2D eigenvalue weighted by atomic mass is 9.60. The Balaban J connectivity index is 1.84. The quantitative estimate of drug-likeness (QED) is 0.357. The summed E-state index contributed by atoms with van der Waals surface area (Å²) in [6.07, 6.45) is 6.38. The predicted octanol–water partition coefficient (Wildman–Crippen LogP) is 1.55. The maximum atomic E-state index is 10.4. The molecule has 0 bridgehead atoms. The molecule has 23 heavy (non-hydrogen) atoms. The second-order valence-corrected chi connectivity index (χ2v) is 6.30. The third kappa shape index (κ3) is 4.24. The Kier molecular flexibility index (Phi) is 6.43. The molecule has 0 amide bonds. The van der Waals surface area contributed by atoms with Crippen LogP contribution >= 0.6 is 0 Å². The van der Waals surface area contributed by atoms with Crippen molar-refractivity contribution in [3.05, 3.63) is 0 Å². The van der Waals surface area contributed by atoms with Gasteiger partial charge in [0.05, 0.1) is 17.2 Å². The Morgan fingerprint density at radius 1 is 1.30 bits per heavy atom. The van der Waals surface area contributed by atoms with E-state index in [9.17, 15) is 9.90 Å². The third-order valence-corrected chi connectivity index (χ3v) is 4.72. The number of unbranched alkanes of at least 4 members (excludes halogenated alkanes) is 4. The predicted molar refractivity (Wildman–Crippen MR) is 84.8 cm³/mol. The van der Waals surface area contributed by atoms with Crippen molar-refractivity contribution in [3.8, 4) is 11.8 Å². The number of hydrogen-bond acceptors (Lipinski definition) is 5. The SMILES string of the molecule is O=C(O)CON=C1CC2(C#CCCCCCCO)C1CC[C@@H]2O. The standard InChI is InChI=1S/C17H25NO5/c19-10-6-4-2-1-3-5-9-17-11-14(18-23-12-16(21)22)13(17)7-8-15(17)20/h13,15,19-20H,1-4,6-8,10-12H2,(H,21,22)/t13?,15-,17?/m0/s1. The lowest BCUT2D eigenvalue weighted by Gasteiger charge is -2.43. The average Bonchev–Trinajstić information content (AvgIpc) is 2.74. The molecule has 2 unspecified atom stereocenters. The van der Waals surface area contributed by atoms with Crippen molar-refractivity contribution < 1.29 is 25.0 Å². The number of fused-ring (bicyclic) bond motifs is 1. The van der Waals surface area contributed by atoms with Crippen LogP contribution in [0.25, 0.3) is 0 Å². The van der Waals surface area contributed by atoms with E-state index in [4.69, 9.17) is 15.1 Å². The molecule has 2 aliphatic carbocycles. The van der Waals surface area contributed by atoms with Gasteiger partial charge in [-0.3, -0.25) is 0 Å². The molecule has 3 atom stereocenters. The summed E-state index contributed by atoms with van der Waals surface area (Å²) in [4.78, 5) is 15.2. The van der Waals surface area contributed by atoms with E-state index in [1.807, 2.05) is 0 Å². The zero-order valence-electron chi connectivity index (χ0n) is 13.3. The van der Waals surface area contributed by atoms with Crippen LogP contribution in [0.4, 0.5) is 0 Å². The topological polar surface area (TPSA) is 99.4 Å². The van der Waals surface area contributed by atoms with Crippen molar-refractivity contribution in [2.24, 2.45) is 16.5 Å². The van der Waals surface area contributed by atoms with E-state index in [0.29, 0.717) is 12.8 Å². The van der Waals surface area contributed by atoms with Crippen molar-refractivity contribution in [2.45, 2.75) is 57.5 Å². The second-order valence-electron chi connectivity index (χ2n) is 6.30. The maximum Gasteiger partial charge on any atom is 0.344 e. The summed E-state index contributed by atoms with van der Waals surface area (Å²) in [6, 6.07) is 0. The van der Waals surface area contributed by atoms with Crippen molar-refractivity contribution in [3.63, 3.8) is 0 Å². The fourth-order valence-electron chi connectivity index (χ4n) is 3.46. The lowest BCUT2D eigenvalue weighted by Crippen LogP contribution is -2.49. The molecule has 2 saturated carbocycles. The number of aliphatic carboxylic acids is 1. The van der Waals surface area contributed by atoms with Crippen LogP contribution in [0.3, 0.4) is 0 Å². The monoisotopic (exact) mass is 323 g/mol. The lowest BCUT2D eigenvalue weighted by molar-refractivity contribution is -0.142. The fourth-order valence-corrected chi connectivity index (χ4v) is 3.46. The van der Waals surface area contributed by atoms with Gasteiger partial charge in [0.15, 0.2) is 0 Å². The highest BCUT2D eigenvalue weighted by Gasteiger charge is 2.59. The fraction of sp³-hybridized carbons (Fsp3) is 0.765. The van der Waals surface area contributed by atoms with Gasteiger partial charge < -0.3 is 20.2 Å². The van der Waals surface area contributed by atoms with Crippen molar-refractivity contribution in [1.29, 1.82) is 0 Å². The van der Waals surface area contributed by atoms with Gasteiger partial charge in [0.25, 0.3) is 0 Å². The largest absolute Gasteiger partial charge is 0.479 e. The van der Waals surface area contributed by atoms with Gasteiger partial charge in [-0.2, -0.15) is 0 Å². The van der Waals surface area contributed by atoms with Gasteiger partial charge in [0.2, 0.25) is 6.61 Å². The molecule has 0 spiro atoms. The van der Waals surface area contributed by atoms with Crippen LogP contribution in [0.5, 0.6) is 0 Å². The number of oxime groups is 1. The van der Waals surface area contributed by atoms with E-state index in [-0.39, 0.29) is 12.5 Å². The van der Waals surface area contributed by atoms with Gasteiger partial charge in [-0.05, 0) is 25.7 Å². The molecule has 2 rings (SSSR count). The molecule has 6 heteroatoms. The highest BCUT2D eigenvalue weighted by Crippen LogP contribution is 2.55. The summed E-state index contributed by atoms with van der Waals surface area (Å²) < 4.78 is 0. The Labute approximate surface area is 136 Å². The first-order chi connectivity index (χ1) is 11.1. The number of nitrogens with zero attached hydrogens (tertiary/aromatic N) is 1. The van der Waals surface area contributed by atoms with Crippen LogP contribution in [0.1, 0.15) is 51.4 Å². The molecule has 0 radical (unpaired) electrons. The zero-order chi connectivity index (χ0) is 16.7. The molecule has 2 aliphatic rings. The molecule has 0 aliphatic heterocycles. The normalized spacial score (nSPS) is 30.3. The number of carbonyl (C=O) groups is 1. The third-order valence-electron chi connectivity index (χ3n) is 4.72. The molecule has 0 aromatic heterocycles. The molecular weight excluding hydrogens is 298 g/mol. The molecule has 6 nitrogen and oxygen atoms in total. The first-order valence-corrected chi connectivity index (χ1v) is 8.29. The van der Waals surface area contributed by atoms with Crippen LogP contribution in [-0.4, -0.2) is 46.3 Å². The first kappa shape index (κ1) is 17.8. The van der Waals surface area contributed by atoms with E-state index in [0.717, 1.165) is 44.2 Å². The average molecular weight is 323 g/mol. The van der Waals surface area contributed by atoms with Gasteiger partial charge in [0.1, 0.15) is 0 Å². The highest BCUT2D eigenvalue weighted by molar-refractivity contribution is 5.95. The van der Waals surface area contributed by atoms with Gasteiger partial charge in [0, 0.05) is 25.4 Å². The molecule has 0 aromatic rings. The summed E-state index contributed by atoms with van der Waals surface area (Å²) in [7, 11) is 0. The number of hydrogen-bond donors (Lipinski definition) is 3. The molecule has 0 heterocycles. The van der Waals surface area contributed by atoms with Gasteiger partial charge in [-0.1, -0.05) is 23.9 Å². The number of aliphatic hydroxyl groups is 2. The number of carboxylic acids is 1. The Morgan fingerprint density at radius 3 is 2.83 bits per heavy atom. The van der Waals surface area contributed by atoms with E-state index in [1.165, 1.54) is 0 Å². The molecule has 3 N–H and O–H groups in total. The minimum absolute atomic E-state index is 0.0909. The highest BCUT2D eigenvalue weighted by atomic mass is 16.6. The van der Waals surface area contributed by atoms with Crippen LogP contribution in [0.15, 0.2) is 5.16 Å². The van der Waals surface area contributed by atoms with Gasteiger partial charge >= 0.3 is 5.97 Å². The molecular formula is C17H25NO5. The smallest absolute Gasteiger partial charge is 0.344 e. The maximum absolute atomic E-state index is 10.4. The van der Waals surface area contributed by atoms with Gasteiger partial charge in [-0.25, -0.2) is 4.79 Å². The second kappa shape index (κ2) is 8.32. The Morgan fingerprint density at radius 2 is 2.09 bits per heavy atom. The molecule has 2 fully saturated rings. The Bertz CT molecular complexity index is 507. The molecule has 128 valence electrons. The van der Waals surface area contributed by atoms with Crippen LogP contribution in [0, 0.1) is 23.2 Å². The minimum Gasteiger partial charge on any atom is -0.479 e. The van der Waals surface area contributed by atoms with E-state index >= 15 is 0 Å². The summed E-state index contributed by atoms with van der Waals surface area (Å²) in [5.74, 6) is 5.49. The van der Waals surface area contributed by atoms with Crippen LogP contribution < -0.4 is 0 Å². The van der Waals surface area contributed by atoms with E-state index < -0.39 is 24.1 Å². The summed E-state index contributed by atoms with van der Waals surface area (Å²) in [5, 5.41) is 31.4. The van der Waals surface area contributed by atoms with Crippen LogP contribution in [-0.2, 0) is 9.63 Å². The number of aliphatic hydroxyl groups excluding tert-OH is 2. The summed E-state index contributed by atoms with van der Waals surface area (Å²) in [6.45, 7) is -0.194. The number of carboxylic acid groups (broad SMARTS) is 1. The minimum atomic E-state index is -1.05. The van der Waals surface area contributed by atoms with Crippen LogP contribution in [0.2, 0.25) is 0 Å². The zero-order valence-corrected chi connectivity index (χ0v) is 13.3. The molecule has 0 saturated heterocycles. The van der Waals surface area contributed by atoms with Crippen molar-refractivity contribution in [1.82, 2.24) is 0 Å². The Hall–Kier alpha value is -1.58. The number of rotatable bonds is 8. The van der Waals surface area contributed by atoms with E-state index in [1.54, 1.807) is 0 Å². The van der Waals surface area contributed by atoms with Gasteiger partial charge in [-0.15, -0.1) is 5.92 Å². The summed E-state index contributed by atoms with van der Waals surface area (Å²) >= 11 is 0. The van der Waals surface area contributed by atoms with E-state index in [2.05, 4.69) is 17.0 Å². The van der Waals surface area contributed by atoms with Crippen molar-refractivity contribution in [2.75, 3.05) is 13.2 Å². The van der Waals surface area contributed by atoms with Crippen molar-refractivity contribution >= 4 is 11.7 Å². The first-order valence-electron chi connectivity index (χ1n) is 8.29.